The highest BCUT2D eigenvalue weighted by Crippen LogP contribution is 1.96. The Morgan fingerprint density at radius 3 is 2.93 bits per heavy atom. The first-order valence-electron chi connectivity index (χ1n) is 5.17. The van der Waals surface area contributed by atoms with Crippen molar-refractivity contribution in [1.29, 1.82) is 0 Å². The monoisotopic (exact) mass is 205 g/mol. The zero-order valence-corrected chi connectivity index (χ0v) is 9.29. The summed E-state index contributed by atoms with van der Waals surface area (Å²) in [6, 6.07) is 10.1. The van der Waals surface area contributed by atoms with Crippen LogP contribution in [0.2, 0.25) is 0 Å². The molecule has 3 nitrogen and oxygen atoms in total. The molecule has 1 amide bonds. The van der Waals surface area contributed by atoms with Crippen molar-refractivity contribution in [3.05, 3.63) is 35.9 Å². The number of nitrogens with one attached hydrogen (secondary N) is 1. The van der Waals surface area contributed by atoms with Crippen molar-refractivity contribution in [1.82, 2.24) is 10.2 Å². The summed E-state index contributed by atoms with van der Waals surface area (Å²) in [5.41, 5.74) is 0.594. The van der Waals surface area contributed by atoms with Gasteiger partial charge in [-0.1, -0.05) is 25.1 Å². The summed E-state index contributed by atoms with van der Waals surface area (Å²) >= 11 is 0. The molecule has 0 atom stereocenters. The second kappa shape index (κ2) is 6.19. The molecule has 81 valence electrons. The molecule has 0 heterocycles. The molecule has 0 aliphatic rings. The molecule has 0 bridgehead atoms. The quantitative estimate of drug-likeness (QED) is 0.782. The van der Waals surface area contributed by atoms with Crippen LogP contribution in [0, 0.1) is 6.07 Å². The molecular weight excluding hydrogens is 188 g/mol. The largest absolute Gasteiger partial charge is 0.351 e. The van der Waals surface area contributed by atoms with E-state index in [1.807, 2.05) is 19.2 Å². The second-order valence-corrected chi connectivity index (χ2v) is 3.43. The number of amides is 1. The van der Waals surface area contributed by atoms with Crippen molar-refractivity contribution in [3.63, 3.8) is 0 Å². The van der Waals surface area contributed by atoms with Gasteiger partial charge in [-0.3, -0.25) is 4.79 Å². The van der Waals surface area contributed by atoms with Crippen molar-refractivity contribution in [3.8, 4) is 0 Å². The van der Waals surface area contributed by atoms with E-state index in [9.17, 15) is 4.79 Å². The van der Waals surface area contributed by atoms with E-state index in [-0.39, 0.29) is 5.91 Å². The van der Waals surface area contributed by atoms with Crippen molar-refractivity contribution in [2.45, 2.75) is 6.92 Å². The standard InChI is InChI=1S/C12H17N2O/c1-3-14(2)10-9-13-12(15)11-7-5-4-6-8-11/h4-7H,3,9-10H2,1-2H3,(H,13,15). The van der Waals surface area contributed by atoms with E-state index in [0.717, 1.165) is 13.1 Å². The van der Waals surface area contributed by atoms with Gasteiger partial charge in [0, 0.05) is 18.7 Å². The molecule has 0 unspecified atom stereocenters. The number of carbonyl (C=O) groups excluding carboxylic acids is 1. The van der Waals surface area contributed by atoms with Crippen LogP contribution in [0.15, 0.2) is 24.3 Å². The maximum atomic E-state index is 11.6. The minimum absolute atomic E-state index is 0.0555. The molecule has 0 aromatic heterocycles. The van der Waals surface area contributed by atoms with Gasteiger partial charge in [-0.05, 0) is 25.7 Å². The third-order valence-corrected chi connectivity index (χ3v) is 2.27. The molecule has 0 aliphatic heterocycles. The van der Waals surface area contributed by atoms with Crippen molar-refractivity contribution in [2.75, 3.05) is 26.7 Å². The van der Waals surface area contributed by atoms with E-state index in [0.29, 0.717) is 12.1 Å². The number of likely N-dealkylation sites (N-methyl/N-ethyl adjacent to an activating group) is 1. The number of carbonyl (C=O) groups is 1. The predicted molar refractivity (Wildman–Crippen MR) is 60.8 cm³/mol. The maximum Gasteiger partial charge on any atom is 0.251 e. The van der Waals surface area contributed by atoms with Gasteiger partial charge in [0.15, 0.2) is 0 Å². The van der Waals surface area contributed by atoms with Gasteiger partial charge >= 0.3 is 0 Å². The van der Waals surface area contributed by atoms with Crippen LogP contribution in [0.3, 0.4) is 0 Å². The molecular formula is C12H17N2O. The summed E-state index contributed by atoms with van der Waals surface area (Å²) in [6.45, 7) is 4.63. The SMILES string of the molecule is CCN(C)CCNC(=O)c1[c]cccc1. The first-order chi connectivity index (χ1) is 7.24. The predicted octanol–water partition coefficient (Wildman–Crippen LogP) is 1.17. The lowest BCUT2D eigenvalue weighted by molar-refractivity contribution is 0.0950. The summed E-state index contributed by atoms with van der Waals surface area (Å²) in [5, 5.41) is 2.85. The zero-order chi connectivity index (χ0) is 11.1. The molecule has 1 radical (unpaired) electrons. The van der Waals surface area contributed by atoms with Gasteiger partial charge in [0.1, 0.15) is 0 Å². The van der Waals surface area contributed by atoms with Crippen LogP contribution < -0.4 is 5.32 Å². The van der Waals surface area contributed by atoms with Crippen LogP contribution in [0.5, 0.6) is 0 Å². The summed E-state index contributed by atoms with van der Waals surface area (Å²) in [6.07, 6.45) is 0. The van der Waals surface area contributed by atoms with Crippen LogP contribution in [-0.2, 0) is 0 Å². The first-order valence-corrected chi connectivity index (χ1v) is 5.17. The average molecular weight is 205 g/mol. The zero-order valence-electron chi connectivity index (χ0n) is 9.29. The van der Waals surface area contributed by atoms with Crippen molar-refractivity contribution in [2.24, 2.45) is 0 Å². The molecule has 1 aromatic carbocycles. The highest BCUT2D eigenvalue weighted by atomic mass is 16.1. The Labute approximate surface area is 91.1 Å². The molecule has 0 saturated carbocycles. The van der Waals surface area contributed by atoms with E-state index in [1.54, 1.807) is 12.1 Å². The summed E-state index contributed by atoms with van der Waals surface area (Å²) in [7, 11) is 2.03. The third kappa shape index (κ3) is 4.13. The van der Waals surface area contributed by atoms with Crippen LogP contribution in [0.1, 0.15) is 17.3 Å². The summed E-state index contributed by atoms with van der Waals surface area (Å²) < 4.78 is 0. The number of benzene rings is 1. The molecule has 1 aromatic rings. The average Bonchev–Trinajstić information content (AvgIpc) is 2.29. The van der Waals surface area contributed by atoms with E-state index in [2.05, 4.69) is 23.2 Å². The van der Waals surface area contributed by atoms with Crippen LogP contribution in [-0.4, -0.2) is 37.5 Å². The Kier molecular flexibility index (Phi) is 4.84. The van der Waals surface area contributed by atoms with Crippen molar-refractivity contribution >= 4 is 5.91 Å². The number of nitrogens with zero attached hydrogens (tertiary/aromatic N) is 1. The maximum absolute atomic E-state index is 11.6. The lowest BCUT2D eigenvalue weighted by Gasteiger charge is -2.13. The number of hydrogen-bond donors (Lipinski definition) is 1. The van der Waals surface area contributed by atoms with Gasteiger partial charge in [-0.25, -0.2) is 0 Å². The smallest absolute Gasteiger partial charge is 0.251 e. The fourth-order valence-corrected chi connectivity index (χ4v) is 1.15. The summed E-state index contributed by atoms with van der Waals surface area (Å²) in [4.78, 5) is 13.7. The van der Waals surface area contributed by atoms with Crippen molar-refractivity contribution < 1.29 is 4.79 Å². The minimum Gasteiger partial charge on any atom is -0.351 e. The van der Waals surface area contributed by atoms with Gasteiger partial charge in [0.05, 0.1) is 0 Å². The molecule has 0 spiro atoms. The Morgan fingerprint density at radius 1 is 1.53 bits per heavy atom. The third-order valence-electron chi connectivity index (χ3n) is 2.27. The van der Waals surface area contributed by atoms with Gasteiger partial charge in [0.2, 0.25) is 0 Å². The van der Waals surface area contributed by atoms with Crippen LogP contribution >= 0.6 is 0 Å². The van der Waals surface area contributed by atoms with Gasteiger partial charge < -0.3 is 10.2 Å². The molecule has 1 N–H and O–H groups in total. The normalized spacial score (nSPS) is 10.3. The van der Waals surface area contributed by atoms with E-state index < -0.39 is 0 Å². The molecule has 0 aliphatic carbocycles. The Bertz CT molecular complexity index is 298. The van der Waals surface area contributed by atoms with E-state index in [1.165, 1.54) is 0 Å². The molecule has 15 heavy (non-hydrogen) atoms. The van der Waals surface area contributed by atoms with Gasteiger partial charge in [-0.15, -0.1) is 0 Å². The second-order valence-electron chi connectivity index (χ2n) is 3.43. The lowest BCUT2D eigenvalue weighted by Crippen LogP contribution is -2.32. The fraction of sp³-hybridized carbons (Fsp3) is 0.417. The molecule has 0 fully saturated rings. The highest BCUT2D eigenvalue weighted by molar-refractivity contribution is 5.93. The Hall–Kier alpha value is -1.35. The topological polar surface area (TPSA) is 32.3 Å². The Balaban J connectivity index is 2.31. The van der Waals surface area contributed by atoms with E-state index >= 15 is 0 Å². The van der Waals surface area contributed by atoms with Crippen LogP contribution in [0.4, 0.5) is 0 Å². The minimum atomic E-state index is -0.0555. The molecule has 0 saturated heterocycles. The number of hydrogen-bond acceptors (Lipinski definition) is 2. The summed E-state index contributed by atoms with van der Waals surface area (Å²) in [5.74, 6) is -0.0555. The molecule has 1 rings (SSSR count). The van der Waals surface area contributed by atoms with Gasteiger partial charge in [-0.2, -0.15) is 0 Å². The van der Waals surface area contributed by atoms with E-state index in [4.69, 9.17) is 0 Å². The highest BCUT2D eigenvalue weighted by Gasteiger charge is 2.03. The van der Waals surface area contributed by atoms with Gasteiger partial charge in [0.25, 0.3) is 5.91 Å². The first kappa shape index (κ1) is 11.7. The number of rotatable bonds is 5. The molecule has 3 heteroatoms. The Morgan fingerprint density at radius 2 is 2.33 bits per heavy atom. The van der Waals surface area contributed by atoms with Crippen LogP contribution in [0.25, 0.3) is 0 Å². The fourth-order valence-electron chi connectivity index (χ4n) is 1.15. The lowest BCUT2D eigenvalue weighted by atomic mass is 10.2.